The first-order valence-corrected chi connectivity index (χ1v) is 9.95. The minimum absolute atomic E-state index is 0.0989. The molecule has 6 nitrogen and oxygen atoms in total. The number of aryl methyl sites for hydroxylation is 1. The molecule has 6 heteroatoms. The maximum absolute atomic E-state index is 12.9. The number of rotatable bonds is 5. The first-order valence-electron chi connectivity index (χ1n) is 9.95. The Morgan fingerprint density at radius 1 is 1.19 bits per heavy atom. The Kier molecular flexibility index (Phi) is 5.43. The highest BCUT2D eigenvalue weighted by Gasteiger charge is 2.27. The molecule has 1 aliphatic carbocycles. The van der Waals surface area contributed by atoms with Gasteiger partial charge in [0.25, 0.3) is 5.91 Å². The number of ether oxygens (including phenoxy) is 1. The number of carbonyl (C=O) groups is 1. The normalized spacial score (nSPS) is 17.6. The van der Waals surface area contributed by atoms with Crippen LogP contribution in [0.2, 0.25) is 0 Å². The van der Waals surface area contributed by atoms with Crippen LogP contribution in [0, 0.1) is 0 Å². The van der Waals surface area contributed by atoms with E-state index >= 15 is 0 Å². The third kappa shape index (κ3) is 4.00. The third-order valence-corrected chi connectivity index (χ3v) is 5.77. The summed E-state index contributed by atoms with van der Waals surface area (Å²) < 4.78 is 5.30. The van der Waals surface area contributed by atoms with Crippen molar-refractivity contribution in [3.63, 3.8) is 0 Å². The molecule has 2 aliphatic rings. The molecule has 0 spiro atoms. The number of nitrogens with one attached hydrogen (secondary N) is 1. The molecule has 1 aromatic heterocycles. The minimum atomic E-state index is 0.0989. The molecule has 0 saturated carbocycles. The minimum Gasteiger partial charge on any atom is -0.497 e. The molecule has 1 N–H and O–H groups in total. The van der Waals surface area contributed by atoms with E-state index in [4.69, 9.17) is 4.74 Å². The van der Waals surface area contributed by atoms with Crippen LogP contribution in [0.1, 0.15) is 40.2 Å². The topological polar surface area (TPSA) is 61.5 Å². The number of hydrogen-bond donors (Lipinski definition) is 1. The van der Waals surface area contributed by atoms with Crippen LogP contribution in [-0.4, -0.2) is 65.7 Å². The summed E-state index contributed by atoms with van der Waals surface area (Å²) in [7, 11) is 1.70. The highest BCUT2D eigenvalue weighted by Crippen LogP contribution is 2.23. The van der Waals surface area contributed by atoms with Crippen LogP contribution in [0.5, 0.6) is 5.75 Å². The standard InChI is InChI=1S/C21H28N4O2/c1-27-17-6-4-5-16(15-17)9-10-24-11-13-25(14-12-24)21(26)20-18-7-2-3-8-19(18)22-23-20/h4-6,15H,2-3,7-14H2,1H3,(H,22,23). The van der Waals surface area contributed by atoms with Crippen molar-refractivity contribution in [3.05, 3.63) is 46.8 Å². The molecule has 4 rings (SSSR count). The Hall–Kier alpha value is -2.34. The molecule has 1 aliphatic heterocycles. The number of hydrogen-bond acceptors (Lipinski definition) is 4. The number of carbonyl (C=O) groups excluding carboxylic acids is 1. The number of amides is 1. The first-order chi connectivity index (χ1) is 13.2. The van der Waals surface area contributed by atoms with Crippen LogP contribution in [0.15, 0.2) is 24.3 Å². The average molecular weight is 368 g/mol. The van der Waals surface area contributed by atoms with E-state index in [0.29, 0.717) is 5.69 Å². The zero-order chi connectivity index (χ0) is 18.6. The van der Waals surface area contributed by atoms with Crippen molar-refractivity contribution in [1.82, 2.24) is 20.0 Å². The fourth-order valence-corrected chi connectivity index (χ4v) is 4.10. The molecular weight excluding hydrogens is 340 g/mol. The lowest BCUT2D eigenvalue weighted by Crippen LogP contribution is -2.49. The Labute approximate surface area is 160 Å². The zero-order valence-electron chi connectivity index (χ0n) is 16.0. The summed E-state index contributed by atoms with van der Waals surface area (Å²) in [6.45, 7) is 4.40. The maximum atomic E-state index is 12.9. The largest absolute Gasteiger partial charge is 0.497 e. The van der Waals surface area contributed by atoms with E-state index in [0.717, 1.165) is 69.7 Å². The maximum Gasteiger partial charge on any atom is 0.274 e. The van der Waals surface area contributed by atoms with Gasteiger partial charge in [-0.15, -0.1) is 0 Å². The van der Waals surface area contributed by atoms with Gasteiger partial charge in [0, 0.05) is 44.0 Å². The van der Waals surface area contributed by atoms with E-state index in [9.17, 15) is 4.79 Å². The van der Waals surface area contributed by atoms with Gasteiger partial charge < -0.3 is 9.64 Å². The van der Waals surface area contributed by atoms with Crippen molar-refractivity contribution in [2.45, 2.75) is 32.1 Å². The van der Waals surface area contributed by atoms with Crippen molar-refractivity contribution in [1.29, 1.82) is 0 Å². The molecule has 0 radical (unpaired) electrons. The van der Waals surface area contributed by atoms with Crippen molar-refractivity contribution in [3.8, 4) is 5.75 Å². The predicted molar refractivity (Wildman–Crippen MR) is 104 cm³/mol. The lowest BCUT2D eigenvalue weighted by molar-refractivity contribution is 0.0631. The Bertz CT molecular complexity index is 793. The van der Waals surface area contributed by atoms with E-state index in [2.05, 4.69) is 27.2 Å². The Morgan fingerprint density at radius 2 is 2.00 bits per heavy atom. The fraction of sp³-hybridized carbons (Fsp3) is 0.524. The van der Waals surface area contributed by atoms with Crippen LogP contribution in [0.3, 0.4) is 0 Å². The quantitative estimate of drug-likeness (QED) is 0.880. The highest BCUT2D eigenvalue weighted by atomic mass is 16.5. The third-order valence-electron chi connectivity index (χ3n) is 5.77. The van der Waals surface area contributed by atoms with Crippen LogP contribution < -0.4 is 4.74 Å². The number of H-pyrrole nitrogens is 1. The lowest BCUT2D eigenvalue weighted by Gasteiger charge is -2.34. The van der Waals surface area contributed by atoms with Crippen LogP contribution in [0.25, 0.3) is 0 Å². The van der Waals surface area contributed by atoms with Gasteiger partial charge in [0.05, 0.1) is 7.11 Å². The van der Waals surface area contributed by atoms with Crippen LogP contribution in [0.4, 0.5) is 0 Å². The molecule has 144 valence electrons. The first kappa shape index (κ1) is 18.0. The summed E-state index contributed by atoms with van der Waals surface area (Å²) >= 11 is 0. The number of aromatic nitrogens is 2. The second-order valence-corrected chi connectivity index (χ2v) is 7.47. The van der Waals surface area contributed by atoms with Crippen molar-refractivity contribution in [2.24, 2.45) is 0 Å². The van der Waals surface area contributed by atoms with Crippen molar-refractivity contribution in [2.75, 3.05) is 39.8 Å². The number of methoxy groups -OCH3 is 1. The summed E-state index contributed by atoms with van der Waals surface area (Å²) in [5.41, 5.74) is 4.28. The Morgan fingerprint density at radius 3 is 2.81 bits per heavy atom. The molecule has 27 heavy (non-hydrogen) atoms. The van der Waals surface area contributed by atoms with E-state index in [-0.39, 0.29) is 5.91 Å². The van der Waals surface area contributed by atoms with Gasteiger partial charge in [-0.05, 0) is 49.8 Å². The zero-order valence-corrected chi connectivity index (χ0v) is 16.0. The highest BCUT2D eigenvalue weighted by molar-refractivity contribution is 5.94. The molecule has 0 unspecified atom stereocenters. The van der Waals surface area contributed by atoms with Gasteiger partial charge in [0.2, 0.25) is 0 Å². The lowest BCUT2D eigenvalue weighted by atomic mass is 9.95. The summed E-state index contributed by atoms with van der Waals surface area (Å²) in [6, 6.07) is 8.25. The molecule has 0 atom stereocenters. The van der Waals surface area contributed by atoms with Gasteiger partial charge in [-0.2, -0.15) is 5.10 Å². The molecule has 0 bridgehead atoms. The van der Waals surface area contributed by atoms with E-state index in [1.807, 2.05) is 17.0 Å². The van der Waals surface area contributed by atoms with Gasteiger partial charge in [-0.3, -0.25) is 14.8 Å². The average Bonchev–Trinajstić information content (AvgIpc) is 3.16. The molecular formula is C21H28N4O2. The second-order valence-electron chi connectivity index (χ2n) is 7.47. The monoisotopic (exact) mass is 368 g/mol. The number of aromatic amines is 1. The summed E-state index contributed by atoms with van der Waals surface area (Å²) in [4.78, 5) is 17.3. The van der Waals surface area contributed by atoms with E-state index in [1.165, 1.54) is 17.7 Å². The van der Waals surface area contributed by atoms with Gasteiger partial charge in [-0.1, -0.05) is 12.1 Å². The summed E-state index contributed by atoms with van der Waals surface area (Å²) in [6.07, 6.45) is 5.35. The predicted octanol–water partition coefficient (Wildman–Crippen LogP) is 2.30. The van der Waals surface area contributed by atoms with Gasteiger partial charge >= 0.3 is 0 Å². The molecule has 2 aromatic rings. The molecule has 1 saturated heterocycles. The molecule has 1 fully saturated rings. The van der Waals surface area contributed by atoms with Crippen LogP contribution in [-0.2, 0) is 19.3 Å². The second kappa shape index (κ2) is 8.13. The molecule has 1 aromatic carbocycles. The summed E-state index contributed by atoms with van der Waals surface area (Å²) in [5.74, 6) is 1.01. The number of nitrogens with zero attached hydrogens (tertiary/aromatic N) is 3. The fourth-order valence-electron chi connectivity index (χ4n) is 4.10. The van der Waals surface area contributed by atoms with E-state index in [1.54, 1.807) is 7.11 Å². The SMILES string of the molecule is COc1cccc(CCN2CCN(C(=O)c3n[nH]c4c3CCCC4)CC2)c1. The van der Waals surface area contributed by atoms with Gasteiger partial charge in [0.1, 0.15) is 5.75 Å². The van der Waals surface area contributed by atoms with Crippen LogP contribution >= 0.6 is 0 Å². The molecule has 1 amide bonds. The number of benzene rings is 1. The van der Waals surface area contributed by atoms with E-state index < -0.39 is 0 Å². The molecule has 2 heterocycles. The van der Waals surface area contributed by atoms with Gasteiger partial charge in [0.15, 0.2) is 5.69 Å². The summed E-state index contributed by atoms with van der Waals surface area (Å²) in [5, 5.41) is 7.43. The number of piperazine rings is 1. The number of fused-ring (bicyclic) bond motifs is 1. The van der Waals surface area contributed by atoms with Crippen molar-refractivity contribution >= 4 is 5.91 Å². The Balaban J connectivity index is 1.29. The smallest absolute Gasteiger partial charge is 0.274 e. The van der Waals surface area contributed by atoms with Crippen molar-refractivity contribution < 1.29 is 9.53 Å². The van der Waals surface area contributed by atoms with Gasteiger partial charge in [-0.25, -0.2) is 0 Å².